The van der Waals surface area contributed by atoms with Crippen molar-refractivity contribution in [2.75, 3.05) is 6.61 Å². The van der Waals surface area contributed by atoms with Gasteiger partial charge in [0, 0.05) is 17.2 Å². The zero-order chi connectivity index (χ0) is 30.5. The fraction of sp³-hybridized carbons (Fsp3) is 0.206. The molecule has 0 radical (unpaired) electrons. The minimum atomic E-state index is -0.496. The van der Waals surface area contributed by atoms with E-state index in [1.54, 1.807) is 24.3 Å². The first-order chi connectivity index (χ1) is 20.8. The summed E-state index contributed by atoms with van der Waals surface area (Å²) in [6, 6.07) is 25.0. The van der Waals surface area contributed by atoms with Crippen LogP contribution in [0.25, 0.3) is 22.3 Å². The van der Waals surface area contributed by atoms with Crippen molar-refractivity contribution in [1.29, 1.82) is 0 Å². The van der Waals surface area contributed by atoms with Crippen LogP contribution in [-0.2, 0) is 6.61 Å². The highest BCUT2D eigenvalue weighted by Crippen LogP contribution is 2.34. The number of fused-ring (bicyclic) bond motifs is 1. The Labute approximate surface area is 249 Å². The van der Waals surface area contributed by atoms with E-state index in [0.29, 0.717) is 28.9 Å². The van der Waals surface area contributed by atoms with E-state index in [1.165, 1.54) is 23.0 Å². The molecule has 0 fully saturated rings. The monoisotopic (exact) mass is 576 g/mol. The summed E-state index contributed by atoms with van der Waals surface area (Å²) in [5, 5.41) is 16.8. The highest BCUT2D eigenvalue weighted by molar-refractivity contribution is 5.83. The van der Waals surface area contributed by atoms with Gasteiger partial charge in [0.15, 0.2) is 11.6 Å². The molecular formula is C34H32N4O5. The molecule has 0 unspecified atom stereocenters. The van der Waals surface area contributed by atoms with E-state index in [1.807, 2.05) is 62.4 Å². The molecule has 0 bridgehead atoms. The van der Waals surface area contributed by atoms with Crippen molar-refractivity contribution < 1.29 is 14.4 Å². The van der Waals surface area contributed by atoms with E-state index >= 15 is 0 Å². The first-order valence-electron chi connectivity index (χ1n) is 14.1. The lowest BCUT2D eigenvalue weighted by molar-refractivity contribution is -0.385. The van der Waals surface area contributed by atoms with Crippen LogP contribution < -0.4 is 15.0 Å². The fourth-order valence-corrected chi connectivity index (χ4v) is 4.82. The lowest BCUT2D eigenvalue weighted by Crippen LogP contribution is -2.21. The maximum absolute atomic E-state index is 13.7. The van der Waals surface area contributed by atoms with Gasteiger partial charge in [-0.2, -0.15) is 9.78 Å². The van der Waals surface area contributed by atoms with E-state index in [2.05, 4.69) is 18.9 Å². The van der Waals surface area contributed by atoms with Crippen LogP contribution in [0, 0.1) is 17.0 Å². The van der Waals surface area contributed by atoms with E-state index in [0.717, 1.165) is 28.0 Å². The zero-order valence-corrected chi connectivity index (χ0v) is 24.5. The molecule has 5 rings (SSSR count). The number of nitrogens with zero attached hydrogens (tertiary/aromatic N) is 4. The lowest BCUT2D eigenvalue weighted by atomic mass is 9.96. The van der Waals surface area contributed by atoms with Crippen molar-refractivity contribution in [2.45, 2.75) is 40.2 Å². The molecule has 1 aromatic heterocycles. The van der Waals surface area contributed by atoms with Crippen LogP contribution in [-0.4, -0.2) is 27.4 Å². The molecule has 43 heavy (non-hydrogen) atoms. The van der Waals surface area contributed by atoms with Gasteiger partial charge in [-0.25, -0.2) is 4.98 Å². The minimum absolute atomic E-state index is 0.141. The highest BCUT2D eigenvalue weighted by Gasteiger charge is 2.19. The van der Waals surface area contributed by atoms with Crippen molar-refractivity contribution in [3.63, 3.8) is 0 Å². The molecule has 0 spiro atoms. The molecule has 0 saturated carbocycles. The molecule has 1 heterocycles. The average molecular weight is 577 g/mol. The number of hydrogen-bond donors (Lipinski definition) is 0. The number of nitro benzene ring substituents is 1. The smallest absolute Gasteiger partial charge is 0.311 e. The summed E-state index contributed by atoms with van der Waals surface area (Å²) in [5.41, 5.74) is 3.91. The summed E-state index contributed by atoms with van der Waals surface area (Å²) in [6.07, 6.45) is 1.42. The van der Waals surface area contributed by atoms with Gasteiger partial charge in [-0.15, -0.1) is 0 Å². The number of nitro groups is 1. The van der Waals surface area contributed by atoms with Crippen LogP contribution >= 0.6 is 0 Å². The van der Waals surface area contributed by atoms with Gasteiger partial charge in [-0.1, -0.05) is 56.3 Å². The standard InChI is InChI=1S/C34H32N4O5/c1-5-42-32-17-23(4)28(19-27(32)22(2)3)33-36-29-14-10-9-13-26(29)34(39)37(33)35-20-25-15-16-31(30(18-25)38(40)41)43-21-24-11-7-6-8-12-24/h6-20,22H,5,21H2,1-4H3. The molecule has 0 amide bonds. The second-order valence-electron chi connectivity index (χ2n) is 10.4. The van der Waals surface area contributed by atoms with Crippen molar-refractivity contribution in [3.8, 4) is 22.9 Å². The van der Waals surface area contributed by atoms with Gasteiger partial charge in [-0.3, -0.25) is 14.9 Å². The molecule has 0 atom stereocenters. The molecular weight excluding hydrogens is 544 g/mol. The van der Waals surface area contributed by atoms with Gasteiger partial charge in [0.05, 0.1) is 28.6 Å². The molecule has 0 N–H and O–H groups in total. The SMILES string of the molecule is CCOc1cc(C)c(-c2nc3ccccc3c(=O)n2N=Cc2ccc(OCc3ccccc3)c([N+](=O)[O-])c2)cc1C(C)C. The van der Waals surface area contributed by atoms with Crippen molar-refractivity contribution in [1.82, 2.24) is 9.66 Å². The predicted molar refractivity (Wildman–Crippen MR) is 168 cm³/mol. The Balaban J connectivity index is 1.59. The number of hydrogen-bond acceptors (Lipinski definition) is 7. The fourth-order valence-electron chi connectivity index (χ4n) is 4.82. The van der Waals surface area contributed by atoms with Crippen molar-refractivity contribution >= 4 is 22.8 Å². The van der Waals surface area contributed by atoms with Gasteiger partial charge >= 0.3 is 5.69 Å². The highest BCUT2D eigenvalue weighted by atomic mass is 16.6. The molecule has 0 aliphatic heterocycles. The first kappa shape index (κ1) is 29.2. The quantitative estimate of drug-likeness (QED) is 0.0983. The van der Waals surface area contributed by atoms with Gasteiger partial charge in [0.25, 0.3) is 5.56 Å². The van der Waals surface area contributed by atoms with E-state index < -0.39 is 4.92 Å². The van der Waals surface area contributed by atoms with E-state index in [9.17, 15) is 14.9 Å². The number of para-hydroxylation sites is 1. The van der Waals surface area contributed by atoms with Gasteiger partial charge < -0.3 is 9.47 Å². The third-order valence-electron chi connectivity index (χ3n) is 7.01. The molecule has 0 aliphatic rings. The van der Waals surface area contributed by atoms with Gasteiger partial charge in [0.2, 0.25) is 0 Å². The molecule has 4 aromatic carbocycles. The van der Waals surface area contributed by atoms with Crippen LogP contribution in [0.15, 0.2) is 94.8 Å². The Bertz CT molecular complexity index is 1880. The second-order valence-corrected chi connectivity index (χ2v) is 10.4. The number of rotatable bonds is 10. The van der Waals surface area contributed by atoms with Gasteiger partial charge in [-0.05, 0) is 72.9 Å². The van der Waals surface area contributed by atoms with Crippen molar-refractivity contribution in [2.24, 2.45) is 5.10 Å². The Morgan fingerprint density at radius 1 is 0.977 bits per heavy atom. The third kappa shape index (κ3) is 6.30. The summed E-state index contributed by atoms with van der Waals surface area (Å²) in [5.74, 6) is 1.45. The molecule has 0 saturated heterocycles. The number of ether oxygens (including phenoxy) is 2. The summed E-state index contributed by atoms with van der Waals surface area (Å²) < 4.78 is 12.9. The Hall–Kier alpha value is -5.31. The van der Waals surface area contributed by atoms with Crippen LogP contribution in [0.4, 0.5) is 5.69 Å². The number of aromatic nitrogens is 2. The maximum Gasteiger partial charge on any atom is 0.311 e. The Morgan fingerprint density at radius 2 is 1.72 bits per heavy atom. The average Bonchev–Trinajstić information content (AvgIpc) is 3.00. The van der Waals surface area contributed by atoms with Crippen LogP contribution in [0.1, 0.15) is 48.9 Å². The first-order valence-corrected chi connectivity index (χ1v) is 14.1. The summed E-state index contributed by atoms with van der Waals surface area (Å²) in [6.45, 7) is 8.76. The Kier molecular flexibility index (Phi) is 8.61. The normalized spacial score (nSPS) is 11.4. The van der Waals surface area contributed by atoms with Gasteiger partial charge in [0.1, 0.15) is 12.4 Å². The lowest BCUT2D eigenvalue weighted by Gasteiger charge is -2.18. The van der Waals surface area contributed by atoms with Crippen LogP contribution in [0.5, 0.6) is 11.5 Å². The maximum atomic E-state index is 13.7. The van der Waals surface area contributed by atoms with E-state index in [-0.39, 0.29) is 29.5 Å². The topological polar surface area (TPSA) is 109 Å². The van der Waals surface area contributed by atoms with Crippen LogP contribution in [0.3, 0.4) is 0 Å². The number of aryl methyl sites for hydroxylation is 1. The molecule has 218 valence electrons. The molecule has 9 heteroatoms. The molecule has 9 nitrogen and oxygen atoms in total. The summed E-state index contributed by atoms with van der Waals surface area (Å²) >= 11 is 0. The predicted octanol–water partition coefficient (Wildman–Crippen LogP) is 7.26. The summed E-state index contributed by atoms with van der Waals surface area (Å²) in [7, 11) is 0. The Morgan fingerprint density at radius 3 is 2.44 bits per heavy atom. The molecule has 5 aromatic rings. The van der Waals surface area contributed by atoms with E-state index in [4.69, 9.17) is 14.5 Å². The van der Waals surface area contributed by atoms with Crippen LogP contribution in [0.2, 0.25) is 0 Å². The number of benzene rings is 4. The zero-order valence-electron chi connectivity index (χ0n) is 24.5. The molecule has 0 aliphatic carbocycles. The minimum Gasteiger partial charge on any atom is -0.494 e. The largest absolute Gasteiger partial charge is 0.494 e. The van der Waals surface area contributed by atoms with Crippen molar-refractivity contribution in [3.05, 3.63) is 128 Å². The third-order valence-corrected chi connectivity index (χ3v) is 7.01. The summed E-state index contributed by atoms with van der Waals surface area (Å²) in [4.78, 5) is 30.0. The second kappa shape index (κ2) is 12.7.